The molecule has 0 bridgehead atoms. The van der Waals surface area contributed by atoms with Gasteiger partial charge in [-0.3, -0.25) is 0 Å². The van der Waals surface area contributed by atoms with Crippen molar-refractivity contribution in [3.63, 3.8) is 0 Å². The molecule has 59 valence electrons. The van der Waals surface area contributed by atoms with Crippen molar-refractivity contribution in [3.05, 3.63) is 6.92 Å². The van der Waals surface area contributed by atoms with Crippen LogP contribution in [0.3, 0.4) is 0 Å². The summed E-state index contributed by atoms with van der Waals surface area (Å²) in [4.78, 5) is 0. The van der Waals surface area contributed by atoms with E-state index in [-0.39, 0.29) is 0 Å². The molecule has 1 fully saturated rings. The van der Waals surface area contributed by atoms with Crippen molar-refractivity contribution in [2.24, 2.45) is 5.92 Å². The van der Waals surface area contributed by atoms with E-state index in [1.54, 1.807) is 0 Å². The third kappa shape index (κ3) is 2.70. The fraction of sp³-hybridized carbons (Fsp3) is 0.889. The number of nitrogens with one attached hydrogen (secondary N) is 1. The highest BCUT2D eigenvalue weighted by molar-refractivity contribution is 4.70. The predicted molar refractivity (Wildman–Crippen MR) is 44.8 cm³/mol. The van der Waals surface area contributed by atoms with Gasteiger partial charge in [0.1, 0.15) is 0 Å². The Bertz CT molecular complexity index is 76.8. The molecule has 1 aliphatic carbocycles. The van der Waals surface area contributed by atoms with Gasteiger partial charge in [0, 0.05) is 0 Å². The molecule has 10 heavy (non-hydrogen) atoms. The van der Waals surface area contributed by atoms with Crippen LogP contribution in [0.25, 0.3) is 0 Å². The van der Waals surface area contributed by atoms with Crippen molar-refractivity contribution in [2.75, 3.05) is 13.1 Å². The molecule has 1 N–H and O–H groups in total. The van der Waals surface area contributed by atoms with Gasteiger partial charge in [0.05, 0.1) is 0 Å². The number of rotatable bonds is 5. The molecule has 0 atom stereocenters. The van der Waals surface area contributed by atoms with Crippen molar-refractivity contribution < 1.29 is 0 Å². The van der Waals surface area contributed by atoms with E-state index >= 15 is 0 Å². The molecule has 0 spiro atoms. The van der Waals surface area contributed by atoms with Crippen LogP contribution in [0.15, 0.2) is 0 Å². The van der Waals surface area contributed by atoms with Crippen LogP contribution in [0.4, 0.5) is 0 Å². The first-order valence-electron chi connectivity index (χ1n) is 4.43. The van der Waals surface area contributed by atoms with Crippen molar-refractivity contribution in [2.45, 2.75) is 32.1 Å². The van der Waals surface area contributed by atoms with Crippen molar-refractivity contribution >= 4 is 0 Å². The minimum absolute atomic E-state index is 1.02. The summed E-state index contributed by atoms with van der Waals surface area (Å²) in [6.07, 6.45) is 6.84. The van der Waals surface area contributed by atoms with Gasteiger partial charge in [-0.1, -0.05) is 26.2 Å². The van der Waals surface area contributed by atoms with E-state index in [1.165, 1.54) is 32.2 Å². The number of hydrogen-bond acceptors (Lipinski definition) is 1. The summed E-state index contributed by atoms with van der Waals surface area (Å²) >= 11 is 0. The lowest BCUT2D eigenvalue weighted by molar-refractivity contribution is 0.292. The molecule has 1 heteroatoms. The first-order valence-corrected chi connectivity index (χ1v) is 4.43. The zero-order chi connectivity index (χ0) is 7.23. The first-order chi connectivity index (χ1) is 4.93. The lowest BCUT2D eigenvalue weighted by atomic mass is 9.83. The van der Waals surface area contributed by atoms with E-state index in [2.05, 4.69) is 12.2 Å². The molecule has 1 radical (unpaired) electrons. The molecule has 1 nitrogen and oxygen atoms in total. The Labute approximate surface area is 64.2 Å². The molecule has 1 rings (SSSR count). The highest BCUT2D eigenvalue weighted by Gasteiger charge is 2.15. The molecule has 0 aromatic heterocycles. The molecule has 0 amide bonds. The van der Waals surface area contributed by atoms with Crippen LogP contribution in [0.5, 0.6) is 0 Å². The maximum absolute atomic E-state index is 3.77. The highest BCUT2D eigenvalue weighted by atomic mass is 14.8. The van der Waals surface area contributed by atoms with Gasteiger partial charge in [0.25, 0.3) is 0 Å². The Morgan fingerprint density at radius 1 is 1.30 bits per heavy atom. The molecule has 0 aromatic carbocycles. The van der Waals surface area contributed by atoms with E-state index in [9.17, 15) is 0 Å². The van der Waals surface area contributed by atoms with Gasteiger partial charge in [0.15, 0.2) is 0 Å². The number of hydrogen-bond donors (Lipinski definition) is 1. The summed E-state index contributed by atoms with van der Waals surface area (Å²) < 4.78 is 0. The Balaban J connectivity index is 1.76. The Hall–Kier alpha value is -0.0400. The van der Waals surface area contributed by atoms with Gasteiger partial charge in [-0.2, -0.15) is 0 Å². The summed E-state index contributed by atoms with van der Waals surface area (Å²) in [7, 11) is 0. The van der Waals surface area contributed by atoms with Gasteiger partial charge in [0.2, 0.25) is 0 Å². The minimum Gasteiger partial charge on any atom is -0.317 e. The first kappa shape index (κ1) is 8.06. The zero-order valence-electron chi connectivity index (χ0n) is 6.73. The van der Waals surface area contributed by atoms with E-state index < -0.39 is 0 Å². The molecule has 0 aromatic rings. The van der Waals surface area contributed by atoms with Crippen molar-refractivity contribution in [1.82, 2.24) is 5.32 Å². The average Bonchev–Trinajstić information content (AvgIpc) is 1.84. The van der Waals surface area contributed by atoms with Crippen LogP contribution in [0.2, 0.25) is 0 Å². The quantitative estimate of drug-likeness (QED) is 0.576. The normalized spacial score (nSPS) is 18.9. The Morgan fingerprint density at radius 2 is 2.10 bits per heavy atom. The minimum atomic E-state index is 1.02. The molecular formula is C9H18N. The molecule has 1 aliphatic rings. The summed E-state index contributed by atoms with van der Waals surface area (Å²) in [6.45, 7) is 6.07. The van der Waals surface area contributed by atoms with E-state index in [0.717, 1.165) is 18.9 Å². The van der Waals surface area contributed by atoms with Crippen LogP contribution < -0.4 is 5.32 Å². The van der Waals surface area contributed by atoms with Crippen LogP contribution in [-0.4, -0.2) is 13.1 Å². The maximum Gasteiger partial charge on any atom is -0.00463 e. The molecule has 0 unspecified atom stereocenters. The lowest BCUT2D eigenvalue weighted by Gasteiger charge is -2.25. The van der Waals surface area contributed by atoms with Gasteiger partial charge < -0.3 is 5.32 Å². The predicted octanol–water partition coefficient (Wildman–Crippen LogP) is 1.99. The van der Waals surface area contributed by atoms with Crippen LogP contribution in [0.1, 0.15) is 32.1 Å². The molecule has 0 aliphatic heterocycles. The second-order valence-corrected chi connectivity index (χ2v) is 3.19. The third-order valence-electron chi connectivity index (χ3n) is 2.31. The van der Waals surface area contributed by atoms with Crippen LogP contribution >= 0.6 is 0 Å². The molecule has 0 saturated heterocycles. The zero-order valence-corrected chi connectivity index (χ0v) is 6.73. The summed E-state index contributed by atoms with van der Waals surface area (Å²) in [5.74, 6) is 1.05. The smallest absolute Gasteiger partial charge is 0.00463 e. The van der Waals surface area contributed by atoms with E-state index in [1.807, 2.05) is 0 Å². The maximum atomic E-state index is 3.77. The second kappa shape index (κ2) is 4.73. The second-order valence-electron chi connectivity index (χ2n) is 3.19. The Kier molecular flexibility index (Phi) is 3.81. The monoisotopic (exact) mass is 140 g/mol. The fourth-order valence-electron chi connectivity index (χ4n) is 1.34. The van der Waals surface area contributed by atoms with Crippen molar-refractivity contribution in [3.8, 4) is 0 Å². The van der Waals surface area contributed by atoms with Gasteiger partial charge in [-0.05, 0) is 31.8 Å². The summed E-state index contributed by atoms with van der Waals surface area (Å²) in [5.41, 5.74) is 0. The largest absolute Gasteiger partial charge is 0.317 e. The Morgan fingerprint density at radius 3 is 2.60 bits per heavy atom. The van der Waals surface area contributed by atoms with Crippen molar-refractivity contribution in [1.29, 1.82) is 0 Å². The van der Waals surface area contributed by atoms with E-state index in [0.29, 0.717) is 0 Å². The van der Waals surface area contributed by atoms with Gasteiger partial charge in [-0.15, -0.1) is 0 Å². The van der Waals surface area contributed by atoms with E-state index in [4.69, 9.17) is 0 Å². The average molecular weight is 140 g/mol. The summed E-state index contributed by atoms with van der Waals surface area (Å²) in [6, 6.07) is 0. The topological polar surface area (TPSA) is 12.0 Å². The van der Waals surface area contributed by atoms with Crippen LogP contribution in [-0.2, 0) is 0 Å². The molecular weight excluding hydrogens is 122 g/mol. The fourth-order valence-corrected chi connectivity index (χ4v) is 1.34. The SMILES string of the molecule is [CH2]CCNCCC1CCC1. The highest BCUT2D eigenvalue weighted by Crippen LogP contribution is 2.28. The third-order valence-corrected chi connectivity index (χ3v) is 2.31. The lowest BCUT2D eigenvalue weighted by Crippen LogP contribution is -2.21. The molecule has 1 saturated carbocycles. The van der Waals surface area contributed by atoms with Gasteiger partial charge in [-0.25, -0.2) is 0 Å². The summed E-state index contributed by atoms with van der Waals surface area (Å²) in [5, 5.41) is 3.37. The van der Waals surface area contributed by atoms with Crippen LogP contribution in [0, 0.1) is 12.8 Å². The molecule has 0 heterocycles. The van der Waals surface area contributed by atoms with Gasteiger partial charge >= 0.3 is 0 Å². The standard InChI is InChI=1S/C9H18N/c1-2-7-10-8-6-9-4-3-5-9/h9-10H,1-8H2.